The van der Waals surface area contributed by atoms with Crippen LogP contribution in [0.3, 0.4) is 0 Å². The number of thiocarbonyl (C=S) groups is 2. The lowest BCUT2D eigenvalue weighted by Gasteiger charge is -2.09. The fourth-order valence-corrected chi connectivity index (χ4v) is 1.57. The molecule has 0 heterocycles. The lowest BCUT2D eigenvalue weighted by atomic mass is 10.2. The van der Waals surface area contributed by atoms with E-state index in [-0.39, 0.29) is 35.0 Å². The maximum absolute atomic E-state index is 11.5. The van der Waals surface area contributed by atoms with Gasteiger partial charge in [0, 0.05) is 26.9 Å². The molecule has 0 bridgehead atoms. The monoisotopic (exact) mass is 364 g/mol. The second-order valence-corrected chi connectivity index (χ2v) is 5.07. The lowest BCUT2D eigenvalue weighted by Crippen LogP contribution is -2.31. The van der Waals surface area contributed by atoms with E-state index in [0.717, 1.165) is 0 Å². The number of carbonyl (C=O) groups is 2. The summed E-state index contributed by atoms with van der Waals surface area (Å²) < 4.78 is 10.2. The molecule has 0 unspecified atom stereocenters. The van der Waals surface area contributed by atoms with Crippen LogP contribution in [0, 0.1) is 0 Å². The molecule has 0 fully saturated rings. The van der Waals surface area contributed by atoms with Crippen LogP contribution in [0.25, 0.3) is 0 Å². The first kappa shape index (κ1) is 21.3. The van der Waals surface area contributed by atoms with Gasteiger partial charge in [-0.3, -0.25) is 9.59 Å². The van der Waals surface area contributed by atoms with E-state index in [4.69, 9.17) is 33.9 Å². The van der Waals surface area contributed by atoms with Gasteiger partial charge in [-0.1, -0.05) is 0 Å². The molecule has 0 aromatic carbocycles. The molecule has 0 saturated carbocycles. The average Bonchev–Trinajstić information content (AvgIpc) is 2.54. The minimum absolute atomic E-state index is 0.125. The van der Waals surface area contributed by atoms with Crippen molar-refractivity contribution >= 4 is 46.6 Å². The predicted octanol–water partition coefficient (Wildman–Crippen LogP) is -0.569. The summed E-state index contributed by atoms with van der Waals surface area (Å²) in [6.45, 7) is 1.35. The highest BCUT2D eigenvalue weighted by molar-refractivity contribution is 7.80. The Kier molecular flexibility index (Phi) is 12.9. The minimum atomic E-state index is -0.125. The topological polar surface area (TPSA) is 101 Å². The summed E-state index contributed by atoms with van der Waals surface area (Å²) in [6.07, 6.45) is 1.04. The molecule has 0 aliphatic rings. The van der Waals surface area contributed by atoms with Gasteiger partial charge in [0.2, 0.25) is 11.8 Å². The van der Waals surface area contributed by atoms with Gasteiger partial charge < -0.3 is 30.7 Å². The lowest BCUT2D eigenvalue weighted by molar-refractivity contribution is -0.122. The summed E-state index contributed by atoms with van der Waals surface area (Å²) in [7, 11) is 3.32. The predicted molar refractivity (Wildman–Crippen MR) is 95.1 cm³/mol. The molecule has 8 nitrogen and oxygen atoms in total. The van der Waals surface area contributed by atoms with Gasteiger partial charge in [0.1, 0.15) is 13.2 Å². The fourth-order valence-electron chi connectivity index (χ4n) is 1.40. The molecule has 0 atom stereocenters. The van der Waals surface area contributed by atoms with Crippen molar-refractivity contribution in [2.45, 2.75) is 19.3 Å². The molecular weight excluding hydrogens is 340 g/mol. The van der Waals surface area contributed by atoms with Crippen LogP contribution >= 0.6 is 24.4 Å². The number of nitrogens with one attached hydrogen (secondary N) is 4. The molecule has 4 N–H and O–H groups in total. The van der Waals surface area contributed by atoms with Gasteiger partial charge in [-0.05, 0) is 30.9 Å². The van der Waals surface area contributed by atoms with Crippen molar-refractivity contribution in [1.29, 1.82) is 0 Å². The zero-order chi connectivity index (χ0) is 17.5. The first-order chi connectivity index (χ1) is 11.0. The van der Waals surface area contributed by atoms with Crippen LogP contribution in [-0.2, 0) is 19.1 Å². The highest BCUT2D eigenvalue weighted by Gasteiger charge is 2.05. The number of hydrogen-bond acceptors (Lipinski definition) is 6. The first-order valence-corrected chi connectivity index (χ1v) is 8.03. The van der Waals surface area contributed by atoms with Gasteiger partial charge >= 0.3 is 0 Å². The maximum Gasteiger partial charge on any atom is 0.256 e. The second kappa shape index (κ2) is 13.9. The highest BCUT2D eigenvalue weighted by Crippen LogP contribution is 1.95. The Balaban J connectivity index is 3.50. The van der Waals surface area contributed by atoms with Crippen LogP contribution in [0.15, 0.2) is 0 Å². The molecular formula is C13H24N4O4S2. The Labute approximate surface area is 147 Å². The number of carbonyl (C=O) groups excluding carboxylic acids is 2. The van der Waals surface area contributed by atoms with Crippen molar-refractivity contribution in [2.24, 2.45) is 0 Å². The number of amides is 2. The third-order valence-corrected chi connectivity index (χ3v) is 3.17. The summed E-state index contributed by atoms with van der Waals surface area (Å²) in [5.41, 5.74) is 0. The van der Waals surface area contributed by atoms with E-state index in [1.54, 1.807) is 14.1 Å². The van der Waals surface area contributed by atoms with Gasteiger partial charge in [0.15, 0.2) is 0 Å². The van der Waals surface area contributed by atoms with Crippen LogP contribution in [0.5, 0.6) is 0 Å². The van der Waals surface area contributed by atoms with Crippen LogP contribution in [0.4, 0.5) is 0 Å². The van der Waals surface area contributed by atoms with Crippen LogP contribution in [0.2, 0.25) is 0 Å². The van der Waals surface area contributed by atoms with Crippen molar-refractivity contribution in [3.63, 3.8) is 0 Å². The molecule has 132 valence electrons. The van der Waals surface area contributed by atoms with Gasteiger partial charge in [-0.2, -0.15) is 0 Å². The first-order valence-electron chi connectivity index (χ1n) is 7.22. The average molecular weight is 364 g/mol. The van der Waals surface area contributed by atoms with Gasteiger partial charge in [0.05, 0.1) is 13.1 Å². The maximum atomic E-state index is 11.5. The second-order valence-electron chi connectivity index (χ2n) is 4.33. The number of ether oxygens (including phenoxy) is 2. The van der Waals surface area contributed by atoms with Crippen LogP contribution in [0.1, 0.15) is 19.3 Å². The molecule has 10 heteroatoms. The van der Waals surface area contributed by atoms with Gasteiger partial charge in [-0.25, -0.2) is 0 Å². The third-order valence-electron chi connectivity index (χ3n) is 2.53. The Hall–Kier alpha value is -1.68. The van der Waals surface area contributed by atoms with Crippen molar-refractivity contribution < 1.29 is 19.1 Å². The third kappa shape index (κ3) is 13.7. The van der Waals surface area contributed by atoms with E-state index < -0.39 is 0 Å². The van der Waals surface area contributed by atoms with Crippen LogP contribution in [-0.4, -0.2) is 62.6 Å². The zero-order valence-electron chi connectivity index (χ0n) is 13.4. The molecule has 0 aromatic rings. The largest absolute Gasteiger partial charge is 0.469 e. The van der Waals surface area contributed by atoms with E-state index in [0.29, 0.717) is 32.7 Å². The number of hydrogen-bond donors (Lipinski definition) is 4. The fraction of sp³-hybridized carbons (Fsp3) is 0.692. The smallest absolute Gasteiger partial charge is 0.256 e. The van der Waals surface area contributed by atoms with E-state index in [9.17, 15) is 9.59 Å². The van der Waals surface area contributed by atoms with Gasteiger partial charge in [0.25, 0.3) is 10.3 Å². The molecule has 0 aromatic heterocycles. The summed E-state index contributed by atoms with van der Waals surface area (Å²) in [5.74, 6) is -0.251. The van der Waals surface area contributed by atoms with E-state index in [2.05, 4.69) is 21.3 Å². The Morgan fingerprint density at radius 2 is 1.22 bits per heavy atom. The molecule has 0 spiro atoms. The van der Waals surface area contributed by atoms with E-state index in [1.807, 2.05) is 0 Å². The van der Waals surface area contributed by atoms with Crippen molar-refractivity contribution in [1.82, 2.24) is 21.3 Å². The number of rotatable bonds is 10. The quantitative estimate of drug-likeness (QED) is 0.302. The Morgan fingerprint density at radius 3 is 1.57 bits per heavy atom. The molecule has 0 aliphatic carbocycles. The highest BCUT2D eigenvalue weighted by atomic mass is 32.1. The van der Waals surface area contributed by atoms with Crippen molar-refractivity contribution in [2.75, 3.05) is 40.4 Å². The minimum Gasteiger partial charge on any atom is -0.469 e. The zero-order valence-corrected chi connectivity index (χ0v) is 15.0. The van der Waals surface area contributed by atoms with Crippen LogP contribution < -0.4 is 21.3 Å². The standard InChI is InChI=1S/C13H24N4O4S2/c1-14-12(22)20-8-6-16-10(18)4-3-5-11(19)17-7-9-21-13(23)15-2/h3-9H2,1-2H3,(H,14,22)(H,15,23)(H,16,18)(H,17,19). The van der Waals surface area contributed by atoms with Crippen molar-refractivity contribution in [3.05, 3.63) is 0 Å². The summed E-state index contributed by atoms with van der Waals surface area (Å²) in [4.78, 5) is 23.0. The molecule has 23 heavy (non-hydrogen) atoms. The van der Waals surface area contributed by atoms with E-state index in [1.165, 1.54) is 0 Å². The summed E-state index contributed by atoms with van der Waals surface area (Å²) in [6, 6.07) is 0. The van der Waals surface area contributed by atoms with E-state index >= 15 is 0 Å². The summed E-state index contributed by atoms with van der Waals surface area (Å²) >= 11 is 9.58. The normalized spacial score (nSPS) is 9.48. The Morgan fingerprint density at radius 1 is 0.826 bits per heavy atom. The molecule has 0 radical (unpaired) electrons. The van der Waals surface area contributed by atoms with Gasteiger partial charge in [-0.15, -0.1) is 0 Å². The summed E-state index contributed by atoms with van der Waals surface area (Å²) in [5, 5.41) is 11.3. The molecule has 0 rings (SSSR count). The Bertz CT molecular complexity index is 371. The molecule has 2 amide bonds. The van der Waals surface area contributed by atoms with Crippen molar-refractivity contribution in [3.8, 4) is 0 Å². The SMILES string of the molecule is CNC(=S)OCCNC(=O)CCCC(=O)NCCOC(=S)NC. The molecule has 0 saturated heterocycles. The molecule has 0 aliphatic heterocycles.